The van der Waals surface area contributed by atoms with Crippen LogP contribution >= 0.6 is 0 Å². The number of benzene rings is 1. The summed E-state index contributed by atoms with van der Waals surface area (Å²) >= 11 is 0. The molecule has 0 fully saturated rings. The van der Waals surface area contributed by atoms with Crippen molar-refractivity contribution >= 4 is 23.2 Å². The Labute approximate surface area is 132 Å². The van der Waals surface area contributed by atoms with Crippen LogP contribution in [0.5, 0.6) is 0 Å². The molecule has 2 amide bonds. The first-order chi connectivity index (χ1) is 11.3. The zero-order chi connectivity index (χ0) is 15.6. The van der Waals surface area contributed by atoms with Gasteiger partial charge in [0, 0.05) is 30.5 Å². The van der Waals surface area contributed by atoms with E-state index >= 15 is 0 Å². The Kier molecular flexibility index (Phi) is 3.30. The third kappa shape index (κ3) is 2.68. The van der Waals surface area contributed by atoms with Gasteiger partial charge in [0.2, 0.25) is 0 Å². The SMILES string of the molecule is O=C1NCCCNc2ccn3ncc(c3n2)-c2cccc(c2)N1. The summed E-state index contributed by atoms with van der Waals surface area (Å²) in [6.07, 6.45) is 4.49. The highest BCUT2D eigenvalue weighted by molar-refractivity contribution is 5.90. The van der Waals surface area contributed by atoms with E-state index in [1.807, 2.05) is 36.5 Å². The summed E-state index contributed by atoms with van der Waals surface area (Å²) in [5.74, 6) is 0.803. The second-order valence-electron chi connectivity index (χ2n) is 5.38. The normalized spacial score (nSPS) is 14.7. The Morgan fingerprint density at radius 1 is 1.13 bits per heavy atom. The molecule has 3 N–H and O–H groups in total. The van der Waals surface area contributed by atoms with Crippen LogP contribution in [0.25, 0.3) is 16.8 Å². The van der Waals surface area contributed by atoms with Gasteiger partial charge in [0.15, 0.2) is 5.65 Å². The van der Waals surface area contributed by atoms with Gasteiger partial charge in [0.05, 0.1) is 6.20 Å². The molecule has 4 rings (SSSR count). The number of carbonyl (C=O) groups is 1. The van der Waals surface area contributed by atoms with Gasteiger partial charge in [-0.05, 0) is 30.2 Å². The number of nitrogens with zero attached hydrogens (tertiary/aromatic N) is 3. The zero-order valence-electron chi connectivity index (χ0n) is 12.4. The van der Waals surface area contributed by atoms with Crippen LogP contribution < -0.4 is 16.0 Å². The van der Waals surface area contributed by atoms with Gasteiger partial charge in [0.25, 0.3) is 0 Å². The molecule has 4 bridgehead atoms. The third-order valence-electron chi connectivity index (χ3n) is 3.75. The van der Waals surface area contributed by atoms with Crippen LogP contribution in [-0.4, -0.2) is 33.7 Å². The van der Waals surface area contributed by atoms with E-state index in [2.05, 4.69) is 26.0 Å². The quantitative estimate of drug-likeness (QED) is 0.595. The molecule has 7 nitrogen and oxygen atoms in total. The van der Waals surface area contributed by atoms with E-state index in [-0.39, 0.29) is 6.03 Å². The van der Waals surface area contributed by atoms with Gasteiger partial charge in [-0.2, -0.15) is 5.10 Å². The number of carbonyl (C=O) groups excluding carboxylic acids is 1. The first-order valence-electron chi connectivity index (χ1n) is 7.53. The Bertz CT molecular complexity index is 872. The number of hydrogen-bond donors (Lipinski definition) is 3. The van der Waals surface area contributed by atoms with E-state index in [9.17, 15) is 4.79 Å². The van der Waals surface area contributed by atoms with Gasteiger partial charge in [-0.1, -0.05) is 12.1 Å². The maximum absolute atomic E-state index is 11.9. The average Bonchev–Trinajstić information content (AvgIpc) is 2.97. The molecule has 7 heteroatoms. The van der Waals surface area contributed by atoms with Crippen molar-refractivity contribution in [1.29, 1.82) is 0 Å². The molecule has 0 aliphatic carbocycles. The van der Waals surface area contributed by atoms with Crippen molar-refractivity contribution in [3.05, 3.63) is 42.7 Å². The predicted molar refractivity (Wildman–Crippen MR) is 88.6 cm³/mol. The third-order valence-corrected chi connectivity index (χ3v) is 3.75. The molecule has 3 heterocycles. The Balaban J connectivity index is 1.84. The summed E-state index contributed by atoms with van der Waals surface area (Å²) in [4.78, 5) is 16.5. The van der Waals surface area contributed by atoms with Crippen LogP contribution in [0.4, 0.5) is 16.3 Å². The van der Waals surface area contributed by atoms with Gasteiger partial charge in [-0.15, -0.1) is 0 Å². The first kappa shape index (κ1) is 13.6. The molecular formula is C16H16N6O. The summed E-state index contributed by atoms with van der Waals surface area (Å²) in [5.41, 5.74) is 3.41. The minimum Gasteiger partial charge on any atom is -0.370 e. The standard InChI is InChI=1S/C16H16N6O/c23-16-18-7-2-6-17-14-5-8-22-15(21-14)13(10-19-22)11-3-1-4-12(9-11)20-16/h1,3-5,8-10H,2,6-7H2,(H,17,21)(H2,18,20,23). The number of rotatable bonds is 0. The maximum atomic E-state index is 11.9. The lowest BCUT2D eigenvalue weighted by atomic mass is 10.1. The van der Waals surface area contributed by atoms with Crippen LogP contribution in [0, 0.1) is 0 Å². The van der Waals surface area contributed by atoms with E-state index in [1.54, 1.807) is 10.7 Å². The highest BCUT2D eigenvalue weighted by Gasteiger charge is 2.11. The zero-order valence-corrected chi connectivity index (χ0v) is 12.4. The number of hydrogen-bond acceptors (Lipinski definition) is 4. The van der Waals surface area contributed by atoms with Gasteiger partial charge in [0.1, 0.15) is 5.82 Å². The van der Waals surface area contributed by atoms with Crippen LogP contribution in [0.2, 0.25) is 0 Å². The van der Waals surface area contributed by atoms with Crippen LogP contribution in [0.15, 0.2) is 42.7 Å². The summed E-state index contributed by atoms with van der Waals surface area (Å²) in [6, 6.07) is 9.36. The second kappa shape index (κ2) is 5.60. The number of fused-ring (bicyclic) bond motifs is 4. The Hall–Kier alpha value is -3.09. The minimum atomic E-state index is -0.198. The largest absolute Gasteiger partial charge is 0.370 e. The highest BCUT2D eigenvalue weighted by atomic mass is 16.2. The molecule has 116 valence electrons. The molecule has 0 spiro atoms. The second-order valence-corrected chi connectivity index (χ2v) is 5.38. The van der Waals surface area contributed by atoms with Crippen molar-refractivity contribution in [3.63, 3.8) is 0 Å². The van der Waals surface area contributed by atoms with E-state index in [0.29, 0.717) is 6.54 Å². The van der Waals surface area contributed by atoms with Crippen molar-refractivity contribution in [2.45, 2.75) is 6.42 Å². The molecule has 1 aliphatic heterocycles. The summed E-state index contributed by atoms with van der Waals surface area (Å²) in [5, 5.41) is 13.3. The molecule has 1 aliphatic rings. The molecule has 0 atom stereocenters. The fourth-order valence-electron chi connectivity index (χ4n) is 2.62. The molecule has 2 aromatic heterocycles. The van der Waals surface area contributed by atoms with Crippen LogP contribution in [-0.2, 0) is 0 Å². The molecule has 0 saturated heterocycles. The fourth-order valence-corrected chi connectivity index (χ4v) is 2.62. The van der Waals surface area contributed by atoms with Crippen molar-refractivity contribution < 1.29 is 4.79 Å². The number of aromatic nitrogens is 3. The van der Waals surface area contributed by atoms with E-state index in [4.69, 9.17) is 0 Å². The van der Waals surface area contributed by atoms with Gasteiger partial charge in [-0.3, -0.25) is 0 Å². The van der Waals surface area contributed by atoms with Crippen LogP contribution in [0.1, 0.15) is 6.42 Å². The summed E-state index contributed by atoms with van der Waals surface area (Å²) < 4.78 is 1.75. The van der Waals surface area contributed by atoms with E-state index in [0.717, 1.165) is 41.2 Å². The first-order valence-corrected chi connectivity index (χ1v) is 7.53. The lowest BCUT2D eigenvalue weighted by Crippen LogP contribution is -2.30. The summed E-state index contributed by atoms with van der Waals surface area (Å²) in [7, 11) is 0. The van der Waals surface area contributed by atoms with Gasteiger partial charge >= 0.3 is 6.03 Å². The fraction of sp³-hybridized carbons (Fsp3) is 0.188. The number of nitrogens with one attached hydrogen (secondary N) is 3. The van der Waals surface area contributed by atoms with Crippen molar-refractivity contribution in [2.75, 3.05) is 23.7 Å². The monoisotopic (exact) mass is 308 g/mol. The molecule has 23 heavy (non-hydrogen) atoms. The smallest absolute Gasteiger partial charge is 0.319 e. The molecular weight excluding hydrogens is 292 g/mol. The van der Waals surface area contributed by atoms with Crippen LogP contribution in [0.3, 0.4) is 0 Å². The lowest BCUT2D eigenvalue weighted by molar-refractivity contribution is 0.252. The number of amides is 2. The van der Waals surface area contributed by atoms with E-state index in [1.165, 1.54) is 0 Å². The van der Waals surface area contributed by atoms with Gasteiger partial charge < -0.3 is 16.0 Å². The highest BCUT2D eigenvalue weighted by Crippen LogP contribution is 2.26. The van der Waals surface area contributed by atoms with E-state index < -0.39 is 0 Å². The topological polar surface area (TPSA) is 83.4 Å². The molecule has 0 radical (unpaired) electrons. The maximum Gasteiger partial charge on any atom is 0.319 e. The van der Waals surface area contributed by atoms with Crippen molar-refractivity contribution in [2.24, 2.45) is 0 Å². The Morgan fingerprint density at radius 2 is 2.04 bits per heavy atom. The Morgan fingerprint density at radius 3 is 3.00 bits per heavy atom. The molecule has 3 aromatic rings. The lowest BCUT2D eigenvalue weighted by Gasteiger charge is -2.11. The summed E-state index contributed by atoms with van der Waals surface area (Å²) in [6.45, 7) is 1.33. The minimum absolute atomic E-state index is 0.198. The molecule has 1 aromatic carbocycles. The number of urea groups is 1. The molecule has 0 saturated carbocycles. The predicted octanol–water partition coefficient (Wildman–Crippen LogP) is 2.33. The van der Waals surface area contributed by atoms with Gasteiger partial charge in [-0.25, -0.2) is 14.3 Å². The molecule has 0 unspecified atom stereocenters. The average molecular weight is 308 g/mol. The number of anilines is 2. The van der Waals surface area contributed by atoms with Crippen molar-refractivity contribution in [3.8, 4) is 11.1 Å². The van der Waals surface area contributed by atoms with Crippen molar-refractivity contribution in [1.82, 2.24) is 19.9 Å².